The van der Waals surface area contributed by atoms with E-state index in [4.69, 9.17) is 14.2 Å². The minimum Gasteiger partial charge on any atom is -0.462 e. The Morgan fingerprint density at radius 2 is 0.476 bits per heavy atom. The van der Waals surface area contributed by atoms with Gasteiger partial charge in [-0.2, -0.15) is 0 Å². The second-order valence-electron chi connectivity index (χ2n) is 24.8. The van der Waals surface area contributed by atoms with Crippen molar-refractivity contribution in [1.82, 2.24) is 0 Å². The Balaban J connectivity index is 4.31. The van der Waals surface area contributed by atoms with Crippen molar-refractivity contribution in [2.75, 3.05) is 13.2 Å². The number of hydrogen-bond acceptors (Lipinski definition) is 6. The Kier molecular flexibility index (Phi) is 68.6. The van der Waals surface area contributed by atoms with Gasteiger partial charge in [-0.1, -0.05) is 371 Å². The zero-order chi connectivity index (χ0) is 59.2. The third-order valence-electron chi connectivity index (χ3n) is 16.6. The third kappa shape index (κ3) is 68.2. The van der Waals surface area contributed by atoms with Crippen molar-refractivity contribution in [2.45, 2.75) is 406 Å². The summed E-state index contributed by atoms with van der Waals surface area (Å²) >= 11 is 0. The first-order valence-electron chi connectivity index (χ1n) is 36.6. The van der Waals surface area contributed by atoms with Gasteiger partial charge < -0.3 is 14.2 Å². The molecule has 82 heavy (non-hydrogen) atoms. The lowest BCUT2D eigenvalue weighted by molar-refractivity contribution is -0.167. The number of ether oxygens (including phenoxy) is 3. The Bertz CT molecular complexity index is 1410. The minimum atomic E-state index is -0.778. The molecule has 0 fully saturated rings. The van der Waals surface area contributed by atoms with Gasteiger partial charge in [0.05, 0.1) is 0 Å². The van der Waals surface area contributed by atoms with Crippen LogP contribution in [0.2, 0.25) is 0 Å². The fourth-order valence-electron chi connectivity index (χ4n) is 11.1. The van der Waals surface area contributed by atoms with Crippen molar-refractivity contribution in [3.8, 4) is 0 Å². The quantitative estimate of drug-likeness (QED) is 0.0261. The van der Waals surface area contributed by atoms with Gasteiger partial charge in [-0.3, -0.25) is 14.4 Å². The average Bonchev–Trinajstić information content (AvgIpc) is 3.47. The molecule has 0 bridgehead atoms. The zero-order valence-corrected chi connectivity index (χ0v) is 55.3. The van der Waals surface area contributed by atoms with Gasteiger partial charge in [0.2, 0.25) is 0 Å². The number of carbonyl (C=O) groups is 3. The molecule has 0 rings (SSSR count). The van der Waals surface area contributed by atoms with Crippen LogP contribution in [0.4, 0.5) is 0 Å². The molecule has 0 radical (unpaired) electrons. The molecule has 0 aliphatic carbocycles. The predicted octanol–water partition coefficient (Wildman–Crippen LogP) is 25.3. The molecular weight excluding hydrogens is 1010 g/mol. The van der Waals surface area contributed by atoms with Crippen molar-refractivity contribution in [3.63, 3.8) is 0 Å². The lowest BCUT2D eigenvalue weighted by Gasteiger charge is -2.18. The van der Waals surface area contributed by atoms with E-state index in [-0.39, 0.29) is 31.1 Å². The molecular formula is C76H140O6. The molecule has 1 atom stereocenters. The lowest BCUT2D eigenvalue weighted by Crippen LogP contribution is -2.30. The first kappa shape index (κ1) is 79.4. The highest BCUT2D eigenvalue weighted by Crippen LogP contribution is 2.19. The van der Waals surface area contributed by atoms with Crippen LogP contribution in [0, 0.1) is 0 Å². The van der Waals surface area contributed by atoms with Crippen molar-refractivity contribution in [1.29, 1.82) is 0 Å². The minimum absolute atomic E-state index is 0.0719. The van der Waals surface area contributed by atoms with E-state index in [1.807, 2.05) is 0 Å². The highest BCUT2D eigenvalue weighted by molar-refractivity contribution is 5.71. The van der Waals surface area contributed by atoms with Crippen LogP contribution in [-0.2, 0) is 28.6 Å². The van der Waals surface area contributed by atoms with Crippen LogP contribution in [0.3, 0.4) is 0 Å². The third-order valence-corrected chi connectivity index (χ3v) is 16.6. The molecule has 6 nitrogen and oxygen atoms in total. The van der Waals surface area contributed by atoms with Crippen LogP contribution >= 0.6 is 0 Å². The monoisotopic (exact) mass is 1150 g/mol. The molecule has 0 N–H and O–H groups in total. The Labute approximate surface area is 511 Å². The molecule has 0 aromatic carbocycles. The summed E-state index contributed by atoms with van der Waals surface area (Å²) in [6.45, 7) is 6.60. The molecule has 0 aliphatic heterocycles. The maximum absolute atomic E-state index is 13.0. The summed E-state index contributed by atoms with van der Waals surface area (Å²) in [4.78, 5) is 38.5. The SMILES string of the molecule is CC/C=C\C/C=C\C/C=C\C/C=C\CCCCCCCCC(=O)OCC(COC(=O)CCCCCCCCCCCCCCCCCCCCCCCCC)OC(=O)CCCCCCCCCCCCCCCCCCCCCCCC. The fourth-order valence-corrected chi connectivity index (χ4v) is 11.1. The van der Waals surface area contributed by atoms with Gasteiger partial charge in [-0.05, 0) is 57.8 Å². The fraction of sp³-hybridized carbons (Fsp3) is 0.855. The normalized spacial score (nSPS) is 12.3. The van der Waals surface area contributed by atoms with Crippen molar-refractivity contribution < 1.29 is 28.6 Å². The molecule has 480 valence electrons. The molecule has 0 aromatic heterocycles. The van der Waals surface area contributed by atoms with Crippen LogP contribution < -0.4 is 0 Å². The van der Waals surface area contributed by atoms with E-state index in [0.29, 0.717) is 19.3 Å². The smallest absolute Gasteiger partial charge is 0.306 e. The molecule has 0 aromatic rings. The molecule has 1 unspecified atom stereocenters. The second kappa shape index (κ2) is 70.9. The van der Waals surface area contributed by atoms with E-state index in [1.54, 1.807) is 0 Å². The van der Waals surface area contributed by atoms with E-state index in [0.717, 1.165) is 89.9 Å². The molecule has 0 heterocycles. The Morgan fingerprint density at radius 1 is 0.256 bits per heavy atom. The van der Waals surface area contributed by atoms with Gasteiger partial charge >= 0.3 is 17.9 Å². The van der Waals surface area contributed by atoms with Gasteiger partial charge in [0, 0.05) is 19.3 Å². The molecule has 0 aliphatic rings. The standard InChI is InChI=1S/C76H140O6/c1-4-7-10-13-16-19-22-25-28-31-34-36-38-40-42-45-48-51-54-57-60-63-66-69-75(78)81-72-73(71-80-74(77)68-65-62-59-56-53-50-47-44-41-33-30-27-24-21-18-15-12-9-6-3)82-76(79)70-67-64-61-58-55-52-49-46-43-39-37-35-32-29-26-23-20-17-14-11-8-5-2/h9,12,18,21,27,30,41,44,73H,4-8,10-11,13-17,19-20,22-26,28-29,31-40,42-43,45-72H2,1-3H3/b12-9-,21-18-,30-27-,44-41-. The average molecular weight is 1150 g/mol. The number of allylic oxidation sites excluding steroid dienone is 8. The van der Waals surface area contributed by atoms with Crippen LogP contribution in [-0.4, -0.2) is 37.2 Å². The van der Waals surface area contributed by atoms with E-state index in [2.05, 4.69) is 69.4 Å². The maximum Gasteiger partial charge on any atom is 0.306 e. The summed E-state index contributed by atoms with van der Waals surface area (Å²) in [7, 11) is 0. The summed E-state index contributed by atoms with van der Waals surface area (Å²) in [6.07, 6.45) is 90.0. The molecule has 0 spiro atoms. The second-order valence-corrected chi connectivity index (χ2v) is 24.8. The first-order chi connectivity index (χ1) is 40.5. The number of esters is 3. The highest BCUT2D eigenvalue weighted by atomic mass is 16.6. The van der Waals surface area contributed by atoms with Crippen LogP contribution in [0.5, 0.6) is 0 Å². The summed E-state index contributed by atoms with van der Waals surface area (Å²) in [5.41, 5.74) is 0. The molecule has 0 saturated heterocycles. The highest BCUT2D eigenvalue weighted by Gasteiger charge is 2.19. The number of unbranched alkanes of at least 4 members (excludes halogenated alkanes) is 49. The number of hydrogen-bond donors (Lipinski definition) is 0. The van der Waals surface area contributed by atoms with E-state index in [9.17, 15) is 14.4 Å². The number of rotatable bonds is 68. The number of carbonyl (C=O) groups excluding carboxylic acids is 3. The molecule has 6 heteroatoms. The molecule has 0 amide bonds. The van der Waals surface area contributed by atoms with Gasteiger partial charge in [-0.25, -0.2) is 0 Å². The predicted molar refractivity (Wildman–Crippen MR) is 358 cm³/mol. The maximum atomic E-state index is 13.0. The topological polar surface area (TPSA) is 78.9 Å². The van der Waals surface area contributed by atoms with Crippen LogP contribution in [0.25, 0.3) is 0 Å². The Hall–Kier alpha value is -2.63. The first-order valence-corrected chi connectivity index (χ1v) is 36.6. The van der Waals surface area contributed by atoms with Crippen LogP contribution in [0.1, 0.15) is 400 Å². The van der Waals surface area contributed by atoms with Crippen molar-refractivity contribution in [2.24, 2.45) is 0 Å². The lowest BCUT2D eigenvalue weighted by atomic mass is 10.0. The summed E-state index contributed by atoms with van der Waals surface area (Å²) in [5.74, 6) is -0.854. The summed E-state index contributed by atoms with van der Waals surface area (Å²) in [5, 5.41) is 0. The van der Waals surface area contributed by atoms with Crippen LogP contribution in [0.15, 0.2) is 48.6 Å². The zero-order valence-electron chi connectivity index (χ0n) is 55.3. The van der Waals surface area contributed by atoms with E-state index >= 15 is 0 Å². The Morgan fingerprint density at radius 3 is 0.744 bits per heavy atom. The van der Waals surface area contributed by atoms with E-state index in [1.165, 1.54) is 270 Å². The van der Waals surface area contributed by atoms with Gasteiger partial charge in [0.1, 0.15) is 13.2 Å². The van der Waals surface area contributed by atoms with Crippen molar-refractivity contribution in [3.05, 3.63) is 48.6 Å². The molecule has 0 saturated carbocycles. The summed E-state index contributed by atoms with van der Waals surface area (Å²) in [6, 6.07) is 0. The van der Waals surface area contributed by atoms with Gasteiger partial charge in [0.25, 0.3) is 0 Å². The van der Waals surface area contributed by atoms with Crippen molar-refractivity contribution >= 4 is 17.9 Å². The van der Waals surface area contributed by atoms with E-state index < -0.39 is 6.10 Å². The van der Waals surface area contributed by atoms with Gasteiger partial charge in [-0.15, -0.1) is 0 Å². The largest absolute Gasteiger partial charge is 0.462 e. The van der Waals surface area contributed by atoms with Gasteiger partial charge in [0.15, 0.2) is 6.10 Å². The summed E-state index contributed by atoms with van der Waals surface area (Å²) < 4.78 is 17.0.